The van der Waals surface area contributed by atoms with Crippen molar-refractivity contribution in [2.24, 2.45) is 5.92 Å². The van der Waals surface area contributed by atoms with Gasteiger partial charge >= 0.3 is 5.97 Å². The van der Waals surface area contributed by atoms with Gasteiger partial charge < -0.3 is 14.7 Å². The predicted octanol–water partition coefficient (Wildman–Crippen LogP) is 2.89. The molecule has 0 saturated heterocycles. The molecule has 5 heteroatoms. The maximum absolute atomic E-state index is 12.8. The van der Waals surface area contributed by atoms with Crippen LogP contribution in [0.3, 0.4) is 0 Å². The Bertz CT molecular complexity index is 522. The first-order valence-corrected chi connectivity index (χ1v) is 8.03. The summed E-state index contributed by atoms with van der Waals surface area (Å²) in [7, 11) is 0. The number of rotatable bonds is 9. The molecule has 0 aliphatic carbocycles. The van der Waals surface area contributed by atoms with E-state index in [0.29, 0.717) is 31.7 Å². The SMILES string of the molecule is CCOCCCN(CC(C)C(=O)O)C(=O)c1cc(C)cc(C)c1. The molecule has 1 unspecified atom stereocenters. The van der Waals surface area contributed by atoms with Gasteiger partial charge in [-0.25, -0.2) is 0 Å². The van der Waals surface area contributed by atoms with Gasteiger partial charge in [0.25, 0.3) is 5.91 Å². The van der Waals surface area contributed by atoms with Crippen molar-refractivity contribution < 1.29 is 19.4 Å². The fourth-order valence-electron chi connectivity index (χ4n) is 2.47. The average molecular weight is 321 g/mol. The molecule has 1 atom stereocenters. The normalized spacial score (nSPS) is 12.0. The third-order valence-electron chi connectivity index (χ3n) is 3.59. The maximum Gasteiger partial charge on any atom is 0.308 e. The molecular weight excluding hydrogens is 294 g/mol. The highest BCUT2D eigenvalue weighted by Crippen LogP contribution is 2.13. The van der Waals surface area contributed by atoms with E-state index in [4.69, 9.17) is 9.84 Å². The molecule has 128 valence electrons. The van der Waals surface area contributed by atoms with E-state index in [-0.39, 0.29) is 12.5 Å². The van der Waals surface area contributed by atoms with E-state index >= 15 is 0 Å². The van der Waals surface area contributed by atoms with Gasteiger partial charge in [0.15, 0.2) is 0 Å². The second-order valence-corrected chi connectivity index (χ2v) is 5.92. The van der Waals surface area contributed by atoms with Crippen LogP contribution in [-0.4, -0.2) is 48.2 Å². The minimum atomic E-state index is -0.895. The van der Waals surface area contributed by atoms with Crippen molar-refractivity contribution in [1.82, 2.24) is 4.90 Å². The number of amides is 1. The topological polar surface area (TPSA) is 66.8 Å². The summed E-state index contributed by atoms with van der Waals surface area (Å²) in [5.74, 6) is -1.62. The predicted molar refractivity (Wildman–Crippen MR) is 89.7 cm³/mol. The summed E-state index contributed by atoms with van der Waals surface area (Å²) in [6, 6.07) is 5.70. The van der Waals surface area contributed by atoms with Gasteiger partial charge in [-0.3, -0.25) is 9.59 Å². The van der Waals surface area contributed by atoms with E-state index < -0.39 is 11.9 Å². The van der Waals surface area contributed by atoms with Gasteiger partial charge in [-0.05, 0) is 39.3 Å². The molecule has 0 fully saturated rings. The molecule has 0 radical (unpaired) electrons. The molecule has 1 aromatic carbocycles. The fraction of sp³-hybridized carbons (Fsp3) is 0.556. The Morgan fingerprint density at radius 2 is 1.83 bits per heavy atom. The van der Waals surface area contributed by atoms with Crippen LogP contribution in [0.15, 0.2) is 18.2 Å². The number of carboxylic acids is 1. The molecule has 0 heterocycles. The number of aryl methyl sites for hydroxylation is 2. The quantitative estimate of drug-likeness (QED) is 0.710. The number of hydrogen-bond acceptors (Lipinski definition) is 3. The third-order valence-corrected chi connectivity index (χ3v) is 3.59. The standard InChI is InChI=1S/C18H27NO4/c1-5-23-8-6-7-19(12-15(4)18(21)22)17(20)16-10-13(2)9-14(3)11-16/h9-11,15H,5-8,12H2,1-4H3,(H,21,22). The second-order valence-electron chi connectivity index (χ2n) is 5.92. The van der Waals surface area contributed by atoms with Gasteiger partial charge in [0.1, 0.15) is 0 Å². The number of carboxylic acid groups (broad SMARTS) is 1. The molecule has 1 aromatic rings. The Morgan fingerprint density at radius 1 is 1.22 bits per heavy atom. The Labute approximate surface area is 138 Å². The minimum absolute atomic E-state index is 0.124. The Morgan fingerprint density at radius 3 is 2.35 bits per heavy atom. The minimum Gasteiger partial charge on any atom is -0.481 e. The van der Waals surface area contributed by atoms with E-state index in [1.807, 2.05) is 39.0 Å². The first kappa shape index (κ1) is 19.2. The lowest BCUT2D eigenvalue weighted by Gasteiger charge is -2.25. The summed E-state index contributed by atoms with van der Waals surface area (Å²) in [6.45, 7) is 9.33. The highest BCUT2D eigenvalue weighted by molar-refractivity contribution is 5.94. The Balaban J connectivity index is 2.87. The largest absolute Gasteiger partial charge is 0.481 e. The summed E-state index contributed by atoms with van der Waals surface area (Å²) in [4.78, 5) is 25.5. The molecule has 5 nitrogen and oxygen atoms in total. The van der Waals surface area contributed by atoms with Crippen LogP contribution < -0.4 is 0 Å². The first-order chi connectivity index (χ1) is 10.8. The van der Waals surface area contributed by atoms with Crippen molar-refractivity contribution in [2.45, 2.75) is 34.1 Å². The maximum atomic E-state index is 12.8. The number of ether oxygens (including phenoxy) is 1. The molecule has 0 aromatic heterocycles. The van der Waals surface area contributed by atoms with Gasteiger partial charge in [-0.2, -0.15) is 0 Å². The molecule has 0 bridgehead atoms. The lowest BCUT2D eigenvalue weighted by molar-refractivity contribution is -0.141. The van der Waals surface area contributed by atoms with Crippen molar-refractivity contribution in [2.75, 3.05) is 26.3 Å². The fourth-order valence-corrected chi connectivity index (χ4v) is 2.47. The Kier molecular flexibility index (Phi) is 7.75. The number of hydrogen-bond donors (Lipinski definition) is 1. The third kappa shape index (κ3) is 6.40. The first-order valence-electron chi connectivity index (χ1n) is 8.03. The lowest BCUT2D eigenvalue weighted by Crippen LogP contribution is -2.38. The summed E-state index contributed by atoms with van der Waals surface area (Å²) < 4.78 is 5.31. The van der Waals surface area contributed by atoms with Gasteiger partial charge in [0.2, 0.25) is 0 Å². The van der Waals surface area contributed by atoms with Crippen LogP contribution in [0, 0.1) is 19.8 Å². The molecule has 0 saturated carbocycles. The zero-order valence-corrected chi connectivity index (χ0v) is 14.5. The molecule has 23 heavy (non-hydrogen) atoms. The smallest absolute Gasteiger partial charge is 0.308 e. The summed E-state index contributed by atoms with van der Waals surface area (Å²) in [5, 5.41) is 9.12. The number of aliphatic carboxylic acids is 1. The van der Waals surface area contributed by atoms with Crippen LogP contribution in [0.1, 0.15) is 41.8 Å². The number of carbonyl (C=O) groups is 2. The van der Waals surface area contributed by atoms with Crippen LogP contribution in [0.4, 0.5) is 0 Å². The highest BCUT2D eigenvalue weighted by Gasteiger charge is 2.21. The summed E-state index contributed by atoms with van der Waals surface area (Å²) in [6.07, 6.45) is 0.691. The van der Waals surface area contributed by atoms with Crippen molar-refractivity contribution in [3.05, 3.63) is 34.9 Å². The van der Waals surface area contributed by atoms with Crippen molar-refractivity contribution in [3.8, 4) is 0 Å². The average Bonchev–Trinajstić information content (AvgIpc) is 2.48. The van der Waals surface area contributed by atoms with E-state index in [2.05, 4.69) is 0 Å². The molecule has 1 amide bonds. The van der Waals surface area contributed by atoms with Crippen molar-refractivity contribution in [3.63, 3.8) is 0 Å². The van der Waals surface area contributed by atoms with Crippen LogP contribution in [0.5, 0.6) is 0 Å². The van der Waals surface area contributed by atoms with Crippen molar-refractivity contribution >= 4 is 11.9 Å². The second kappa shape index (κ2) is 9.30. The molecule has 0 spiro atoms. The summed E-state index contributed by atoms with van der Waals surface area (Å²) >= 11 is 0. The van der Waals surface area contributed by atoms with Gasteiger partial charge in [0.05, 0.1) is 5.92 Å². The molecule has 1 N–H and O–H groups in total. The van der Waals surface area contributed by atoms with Crippen LogP contribution in [0.2, 0.25) is 0 Å². The van der Waals surface area contributed by atoms with Gasteiger partial charge in [0, 0.05) is 31.9 Å². The Hall–Kier alpha value is -1.88. The van der Waals surface area contributed by atoms with Crippen molar-refractivity contribution in [1.29, 1.82) is 0 Å². The van der Waals surface area contributed by atoms with Crippen LogP contribution in [0.25, 0.3) is 0 Å². The molecule has 1 rings (SSSR count). The van der Waals surface area contributed by atoms with Gasteiger partial charge in [-0.15, -0.1) is 0 Å². The number of benzene rings is 1. The van der Waals surface area contributed by atoms with E-state index in [1.54, 1.807) is 11.8 Å². The lowest BCUT2D eigenvalue weighted by atomic mass is 10.1. The zero-order chi connectivity index (χ0) is 17.4. The number of carbonyl (C=O) groups excluding carboxylic acids is 1. The number of nitrogens with zero attached hydrogens (tertiary/aromatic N) is 1. The van der Waals surface area contributed by atoms with E-state index in [9.17, 15) is 9.59 Å². The molecular formula is C18H27NO4. The molecule has 0 aliphatic heterocycles. The van der Waals surface area contributed by atoms with Crippen LogP contribution >= 0.6 is 0 Å². The van der Waals surface area contributed by atoms with Crippen LogP contribution in [-0.2, 0) is 9.53 Å². The van der Waals surface area contributed by atoms with E-state index in [1.165, 1.54) is 0 Å². The van der Waals surface area contributed by atoms with E-state index in [0.717, 1.165) is 11.1 Å². The van der Waals surface area contributed by atoms with Gasteiger partial charge in [-0.1, -0.05) is 24.1 Å². The summed E-state index contributed by atoms with van der Waals surface area (Å²) in [5.41, 5.74) is 2.65. The molecule has 0 aliphatic rings. The highest BCUT2D eigenvalue weighted by atomic mass is 16.5. The monoisotopic (exact) mass is 321 g/mol. The zero-order valence-electron chi connectivity index (χ0n) is 14.5.